The summed E-state index contributed by atoms with van der Waals surface area (Å²) in [5.41, 5.74) is 1.98. The number of aromatic nitrogens is 2. The quantitative estimate of drug-likeness (QED) is 0.745. The smallest absolute Gasteiger partial charge is 0.0738 e. The highest BCUT2D eigenvalue weighted by atomic mass is 79.9. The van der Waals surface area contributed by atoms with E-state index in [0.717, 1.165) is 25.2 Å². The molecule has 1 atom stereocenters. The van der Waals surface area contributed by atoms with Crippen molar-refractivity contribution in [3.63, 3.8) is 0 Å². The van der Waals surface area contributed by atoms with Crippen molar-refractivity contribution in [2.24, 2.45) is 7.05 Å². The minimum Gasteiger partial charge on any atom is -0.392 e. The molecule has 6 heteroatoms. The third-order valence-corrected chi connectivity index (χ3v) is 6.16. The fourth-order valence-corrected chi connectivity index (χ4v) is 3.93. The lowest BCUT2D eigenvalue weighted by molar-refractivity contribution is 0.197. The molecule has 2 rings (SSSR count). The van der Waals surface area contributed by atoms with Crippen LogP contribution in [0.4, 0.5) is 0 Å². The molecule has 0 saturated carbocycles. The first-order valence-corrected chi connectivity index (χ1v) is 8.79. The van der Waals surface area contributed by atoms with E-state index in [1.165, 1.54) is 0 Å². The van der Waals surface area contributed by atoms with Gasteiger partial charge in [0, 0.05) is 28.6 Å². The Hall–Kier alpha value is -0.300. The molecule has 1 heterocycles. The number of hydrogen-bond acceptors (Lipinski definition) is 3. The van der Waals surface area contributed by atoms with E-state index in [9.17, 15) is 5.11 Å². The molecule has 20 heavy (non-hydrogen) atoms. The van der Waals surface area contributed by atoms with Crippen molar-refractivity contribution in [3.05, 3.63) is 44.6 Å². The number of aliphatic hydroxyl groups excluding tert-OH is 1. The van der Waals surface area contributed by atoms with E-state index in [0.29, 0.717) is 12.2 Å². The van der Waals surface area contributed by atoms with Crippen LogP contribution in [0.5, 0.6) is 0 Å². The Labute approximate surface area is 140 Å². The minimum absolute atomic E-state index is 0.404. The van der Waals surface area contributed by atoms with E-state index in [-0.39, 0.29) is 0 Å². The maximum atomic E-state index is 10.2. The van der Waals surface area contributed by atoms with Crippen molar-refractivity contribution in [2.45, 2.75) is 24.3 Å². The summed E-state index contributed by atoms with van der Waals surface area (Å²) in [6.45, 7) is 1.95. The van der Waals surface area contributed by atoms with Gasteiger partial charge in [-0.3, -0.25) is 4.68 Å². The van der Waals surface area contributed by atoms with E-state index in [1.807, 2.05) is 42.9 Å². The number of aryl methyl sites for hydroxylation is 2. The highest BCUT2D eigenvalue weighted by Crippen LogP contribution is 2.28. The molecule has 0 aliphatic carbocycles. The van der Waals surface area contributed by atoms with Crippen LogP contribution in [0.15, 0.2) is 38.1 Å². The Morgan fingerprint density at radius 3 is 2.65 bits per heavy atom. The van der Waals surface area contributed by atoms with E-state index in [1.54, 1.807) is 11.8 Å². The zero-order valence-electron chi connectivity index (χ0n) is 11.3. The average molecular weight is 420 g/mol. The number of aliphatic hydroxyl groups is 1. The Balaban J connectivity index is 1.96. The van der Waals surface area contributed by atoms with Crippen molar-refractivity contribution < 1.29 is 5.11 Å². The van der Waals surface area contributed by atoms with Gasteiger partial charge < -0.3 is 5.11 Å². The SMILES string of the molecule is Cc1nn(C)c(CC(O)CSc2ccccc2Br)c1Br. The average Bonchev–Trinajstić information content (AvgIpc) is 2.64. The van der Waals surface area contributed by atoms with Crippen LogP contribution in [0.2, 0.25) is 0 Å². The summed E-state index contributed by atoms with van der Waals surface area (Å²) < 4.78 is 3.88. The molecular weight excluding hydrogens is 404 g/mol. The van der Waals surface area contributed by atoms with Gasteiger partial charge in [0.15, 0.2) is 0 Å². The molecular formula is C14H16Br2N2OS. The van der Waals surface area contributed by atoms with Crippen LogP contribution in [-0.4, -0.2) is 26.7 Å². The largest absolute Gasteiger partial charge is 0.392 e. The van der Waals surface area contributed by atoms with E-state index in [4.69, 9.17) is 0 Å². The minimum atomic E-state index is -0.404. The van der Waals surface area contributed by atoms with Crippen molar-refractivity contribution >= 4 is 43.6 Å². The van der Waals surface area contributed by atoms with Crippen LogP contribution in [0.1, 0.15) is 11.4 Å². The molecule has 1 unspecified atom stereocenters. The summed E-state index contributed by atoms with van der Waals surface area (Å²) in [6, 6.07) is 8.04. The van der Waals surface area contributed by atoms with Gasteiger partial charge in [0.2, 0.25) is 0 Å². The third kappa shape index (κ3) is 3.87. The second kappa shape index (κ2) is 7.11. The van der Waals surface area contributed by atoms with Gasteiger partial charge in [0.05, 0.1) is 22.0 Å². The van der Waals surface area contributed by atoms with Crippen LogP contribution in [0, 0.1) is 6.92 Å². The molecule has 2 aromatic rings. The number of thioether (sulfide) groups is 1. The first kappa shape index (κ1) is 16.1. The van der Waals surface area contributed by atoms with Crippen molar-refractivity contribution in [3.8, 4) is 0 Å². The second-order valence-corrected chi connectivity index (χ2v) is 7.28. The maximum absolute atomic E-state index is 10.2. The summed E-state index contributed by atoms with van der Waals surface area (Å²) in [5.74, 6) is 0.652. The first-order chi connectivity index (χ1) is 9.49. The lowest BCUT2D eigenvalue weighted by Crippen LogP contribution is -2.16. The van der Waals surface area contributed by atoms with Gasteiger partial charge >= 0.3 is 0 Å². The molecule has 0 amide bonds. The van der Waals surface area contributed by atoms with Gasteiger partial charge in [-0.1, -0.05) is 12.1 Å². The van der Waals surface area contributed by atoms with Crippen LogP contribution in [0.25, 0.3) is 0 Å². The van der Waals surface area contributed by atoms with Gasteiger partial charge in [0.1, 0.15) is 0 Å². The summed E-state index contributed by atoms with van der Waals surface area (Å²) in [5, 5.41) is 14.6. The molecule has 3 nitrogen and oxygen atoms in total. The zero-order chi connectivity index (χ0) is 14.7. The molecule has 1 N–H and O–H groups in total. The Morgan fingerprint density at radius 1 is 1.35 bits per heavy atom. The predicted molar refractivity (Wildman–Crippen MR) is 90.2 cm³/mol. The van der Waals surface area contributed by atoms with Crippen LogP contribution < -0.4 is 0 Å². The second-order valence-electron chi connectivity index (χ2n) is 4.57. The number of rotatable bonds is 5. The molecule has 108 valence electrons. The summed E-state index contributed by atoms with van der Waals surface area (Å²) >= 11 is 8.70. The summed E-state index contributed by atoms with van der Waals surface area (Å²) in [7, 11) is 1.90. The molecule has 0 fully saturated rings. The van der Waals surface area contributed by atoms with E-state index in [2.05, 4.69) is 37.0 Å². The number of benzene rings is 1. The predicted octanol–water partition coefficient (Wildman–Crippen LogP) is 3.95. The van der Waals surface area contributed by atoms with Gasteiger partial charge in [0.25, 0.3) is 0 Å². The zero-order valence-corrected chi connectivity index (χ0v) is 15.3. The molecule has 0 aliphatic heterocycles. The molecule has 0 saturated heterocycles. The lowest BCUT2D eigenvalue weighted by Gasteiger charge is -2.11. The molecule has 0 radical (unpaired) electrons. The van der Waals surface area contributed by atoms with Gasteiger partial charge in [-0.25, -0.2) is 0 Å². The topological polar surface area (TPSA) is 38.0 Å². The van der Waals surface area contributed by atoms with Crippen LogP contribution in [0.3, 0.4) is 0 Å². The lowest BCUT2D eigenvalue weighted by atomic mass is 10.2. The van der Waals surface area contributed by atoms with Crippen LogP contribution in [-0.2, 0) is 13.5 Å². The molecule has 0 bridgehead atoms. The molecule has 0 spiro atoms. The number of nitrogens with zero attached hydrogens (tertiary/aromatic N) is 2. The van der Waals surface area contributed by atoms with E-state index < -0.39 is 6.10 Å². The first-order valence-electron chi connectivity index (χ1n) is 6.22. The van der Waals surface area contributed by atoms with Crippen molar-refractivity contribution in [1.29, 1.82) is 0 Å². The highest BCUT2D eigenvalue weighted by Gasteiger charge is 2.15. The van der Waals surface area contributed by atoms with Crippen molar-refractivity contribution in [2.75, 3.05) is 5.75 Å². The van der Waals surface area contributed by atoms with Gasteiger partial charge in [-0.2, -0.15) is 5.10 Å². The number of halogens is 2. The highest BCUT2D eigenvalue weighted by molar-refractivity contribution is 9.10. The fourth-order valence-electron chi connectivity index (χ4n) is 1.93. The fraction of sp³-hybridized carbons (Fsp3) is 0.357. The molecule has 1 aromatic heterocycles. The standard InChI is InChI=1S/C14H16Br2N2OS/c1-9-14(16)12(18(2)17-9)7-10(19)8-20-13-6-4-3-5-11(13)15/h3-6,10,19H,7-8H2,1-2H3. The molecule has 1 aromatic carbocycles. The Morgan fingerprint density at radius 2 is 2.05 bits per heavy atom. The maximum Gasteiger partial charge on any atom is 0.0738 e. The van der Waals surface area contributed by atoms with E-state index >= 15 is 0 Å². The Bertz CT molecular complexity index is 601. The number of hydrogen-bond donors (Lipinski definition) is 1. The monoisotopic (exact) mass is 418 g/mol. The normalized spacial score (nSPS) is 12.7. The summed E-state index contributed by atoms with van der Waals surface area (Å²) in [6.07, 6.45) is 0.188. The summed E-state index contributed by atoms with van der Waals surface area (Å²) in [4.78, 5) is 1.15. The third-order valence-electron chi connectivity index (χ3n) is 2.96. The Kier molecular flexibility index (Phi) is 5.72. The van der Waals surface area contributed by atoms with Crippen molar-refractivity contribution in [1.82, 2.24) is 9.78 Å². The van der Waals surface area contributed by atoms with Gasteiger partial charge in [-0.15, -0.1) is 11.8 Å². The van der Waals surface area contributed by atoms with Crippen LogP contribution >= 0.6 is 43.6 Å². The molecule has 0 aliphatic rings. The van der Waals surface area contributed by atoms with Gasteiger partial charge in [-0.05, 0) is 50.9 Å².